The quantitative estimate of drug-likeness (QED) is 0.357. The van der Waals surface area contributed by atoms with Crippen LogP contribution in [0, 0.1) is 0 Å². The lowest BCUT2D eigenvalue weighted by Crippen LogP contribution is -2.07. The molecule has 178 valence electrons. The van der Waals surface area contributed by atoms with Crippen molar-refractivity contribution >= 4 is 16.9 Å². The van der Waals surface area contributed by atoms with Gasteiger partial charge in [-0.15, -0.1) is 0 Å². The molecule has 2 aromatic carbocycles. The van der Waals surface area contributed by atoms with E-state index in [2.05, 4.69) is 28.4 Å². The van der Waals surface area contributed by atoms with Crippen molar-refractivity contribution in [2.24, 2.45) is 0 Å². The van der Waals surface area contributed by atoms with Gasteiger partial charge in [-0.25, -0.2) is 9.97 Å². The SMILES string of the molecule is CC(C)n1cc(-c2ccc(OCCC(O)c3ccc(C(F)(F)F)cc3)cc2)c2c(N)ncnc21. The highest BCUT2D eigenvalue weighted by Gasteiger charge is 2.30. The summed E-state index contributed by atoms with van der Waals surface area (Å²) in [5.74, 6) is 1.03. The smallest absolute Gasteiger partial charge is 0.416 e. The van der Waals surface area contributed by atoms with Gasteiger partial charge in [-0.05, 0) is 49.2 Å². The van der Waals surface area contributed by atoms with Crippen LogP contribution in [-0.2, 0) is 6.18 Å². The average molecular weight is 470 g/mol. The van der Waals surface area contributed by atoms with Gasteiger partial charge in [-0.2, -0.15) is 13.2 Å². The number of hydrogen-bond acceptors (Lipinski definition) is 5. The Balaban J connectivity index is 1.42. The minimum absolute atomic E-state index is 0.198. The van der Waals surface area contributed by atoms with Gasteiger partial charge in [0.25, 0.3) is 0 Å². The number of rotatable bonds is 7. The van der Waals surface area contributed by atoms with E-state index in [0.29, 0.717) is 17.1 Å². The van der Waals surface area contributed by atoms with E-state index in [0.717, 1.165) is 34.3 Å². The van der Waals surface area contributed by atoms with Crippen LogP contribution < -0.4 is 10.5 Å². The molecule has 0 aliphatic heterocycles. The van der Waals surface area contributed by atoms with Gasteiger partial charge in [0.15, 0.2) is 0 Å². The van der Waals surface area contributed by atoms with E-state index in [1.165, 1.54) is 18.5 Å². The number of alkyl halides is 3. The van der Waals surface area contributed by atoms with Gasteiger partial charge in [0.2, 0.25) is 0 Å². The molecule has 3 N–H and O–H groups in total. The standard InChI is InChI=1S/C25H25F3N4O2/c1-15(2)32-13-20(22-23(29)30-14-31-24(22)32)16-5-9-19(10-6-16)34-12-11-21(33)17-3-7-18(8-4-17)25(26,27)28/h3-10,13-15,21,33H,11-12H2,1-2H3,(H2,29,30,31). The number of nitrogen functional groups attached to an aromatic ring is 1. The second-order valence-electron chi connectivity index (χ2n) is 8.30. The van der Waals surface area contributed by atoms with E-state index in [9.17, 15) is 18.3 Å². The zero-order chi connectivity index (χ0) is 24.5. The summed E-state index contributed by atoms with van der Waals surface area (Å²) < 4.78 is 45.8. The van der Waals surface area contributed by atoms with Crippen molar-refractivity contribution in [1.82, 2.24) is 14.5 Å². The predicted molar refractivity (Wildman–Crippen MR) is 124 cm³/mol. The van der Waals surface area contributed by atoms with Crippen LogP contribution in [0.5, 0.6) is 5.75 Å². The Labute approximate surface area is 194 Å². The maximum Gasteiger partial charge on any atom is 0.416 e. The first-order valence-electron chi connectivity index (χ1n) is 10.8. The number of nitrogens with zero attached hydrogens (tertiary/aromatic N) is 3. The summed E-state index contributed by atoms with van der Waals surface area (Å²) in [5.41, 5.74) is 8.43. The Bertz CT molecular complexity index is 1270. The van der Waals surface area contributed by atoms with E-state index in [-0.39, 0.29) is 19.1 Å². The molecular formula is C25H25F3N4O2. The van der Waals surface area contributed by atoms with Crippen molar-refractivity contribution in [1.29, 1.82) is 0 Å². The molecule has 2 heterocycles. The van der Waals surface area contributed by atoms with Crippen LogP contribution in [0.25, 0.3) is 22.2 Å². The predicted octanol–water partition coefficient (Wildman–Crippen LogP) is 5.78. The summed E-state index contributed by atoms with van der Waals surface area (Å²) in [6.07, 6.45) is -1.62. The fourth-order valence-corrected chi connectivity index (χ4v) is 3.80. The first-order chi connectivity index (χ1) is 16.1. The Hall–Kier alpha value is -3.59. The van der Waals surface area contributed by atoms with E-state index < -0.39 is 17.8 Å². The van der Waals surface area contributed by atoms with Gasteiger partial charge in [-0.1, -0.05) is 24.3 Å². The van der Waals surface area contributed by atoms with Crippen molar-refractivity contribution in [3.05, 3.63) is 72.2 Å². The van der Waals surface area contributed by atoms with Crippen LogP contribution in [0.4, 0.5) is 19.0 Å². The lowest BCUT2D eigenvalue weighted by atomic mass is 10.0. The molecular weight excluding hydrogens is 445 g/mol. The van der Waals surface area contributed by atoms with Crippen LogP contribution >= 0.6 is 0 Å². The van der Waals surface area contributed by atoms with Crippen LogP contribution in [-0.4, -0.2) is 26.2 Å². The van der Waals surface area contributed by atoms with Crippen LogP contribution in [0.3, 0.4) is 0 Å². The van der Waals surface area contributed by atoms with Gasteiger partial charge in [-0.3, -0.25) is 0 Å². The number of anilines is 1. The highest BCUT2D eigenvalue weighted by Crippen LogP contribution is 2.35. The van der Waals surface area contributed by atoms with Gasteiger partial charge in [0.1, 0.15) is 23.5 Å². The molecule has 9 heteroatoms. The first-order valence-corrected chi connectivity index (χ1v) is 10.8. The highest BCUT2D eigenvalue weighted by molar-refractivity contribution is 6.00. The van der Waals surface area contributed by atoms with Crippen LogP contribution in [0.15, 0.2) is 61.1 Å². The fourth-order valence-electron chi connectivity index (χ4n) is 3.80. The summed E-state index contributed by atoms with van der Waals surface area (Å²) in [6, 6.07) is 12.1. The summed E-state index contributed by atoms with van der Waals surface area (Å²) >= 11 is 0. The molecule has 2 aromatic heterocycles. The van der Waals surface area contributed by atoms with Gasteiger partial charge in [0.05, 0.1) is 23.7 Å². The lowest BCUT2D eigenvalue weighted by molar-refractivity contribution is -0.137. The number of aromatic nitrogens is 3. The maximum absolute atomic E-state index is 12.7. The van der Waals surface area contributed by atoms with E-state index in [4.69, 9.17) is 10.5 Å². The van der Waals surface area contributed by atoms with Gasteiger partial charge in [0, 0.05) is 24.2 Å². The third kappa shape index (κ3) is 4.84. The second-order valence-corrected chi connectivity index (χ2v) is 8.30. The number of nitrogens with two attached hydrogens (primary N) is 1. The molecule has 0 saturated carbocycles. The molecule has 0 amide bonds. The largest absolute Gasteiger partial charge is 0.493 e. The molecule has 0 spiro atoms. The molecule has 0 aliphatic rings. The van der Waals surface area contributed by atoms with E-state index in [1.54, 1.807) is 0 Å². The Morgan fingerprint density at radius 3 is 2.32 bits per heavy atom. The molecule has 0 saturated heterocycles. The van der Waals surface area contributed by atoms with Gasteiger partial charge >= 0.3 is 6.18 Å². The first kappa shape index (κ1) is 23.6. The van der Waals surface area contributed by atoms with E-state index in [1.807, 2.05) is 30.5 Å². The van der Waals surface area contributed by atoms with Crippen molar-refractivity contribution in [2.45, 2.75) is 38.6 Å². The molecule has 0 fully saturated rings. The molecule has 4 aromatic rings. The Morgan fingerprint density at radius 2 is 1.71 bits per heavy atom. The molecule has 0 radical (unpaired) electrons. The highest BCUT2D eigenvalue weighted by atomic mass is 19.4. The molecule has 1 unspecified atom stereocenters. The second kappa shape index (κ2) is 9.34. The van der Waals surface area contributed by atoms with Crippen molar-refractivity contribution < 1.29 is 23.0 Å². The van der Waals surface area contributed by atoms with Crippen molar-refractivity contribution in [2.75, 3.05) is 12.3 Å². The molecule has 6 nitrogen and oxygen atoms in total. The molecule has 4 rings (SSSR count). The van der Waals surface area contributed by atoms with Crippen molar-refractivity contribution in [3.63, 3.8) is 0 Å². The fraction of sp³-hybridized carbons (Fsp3) is 0.280. The molecule has 34 heavy (non-hydrogen) atoms. The molecule has 1 atom stereocenters. The minimum Gasteiger partial charge on any atom is -0.493 e. The number of ether oxygens (including phenoxy) is 1. The summed E-state index contributed by atoms with van der Waals surface area (Å²) in [4.78, 5) is 8.53. The summed E-state index contributed by atoms with van der Waals surface area (Å²) in [6.45, 7) is 4.34. The number of fused-ring (bicyclic) bond motifs is 1. The Morgan fingerprint density at radius 1 is 1.03 bits per heavy atom. The zero-order valence-electron chi connectivity index (χ0n) is 18.8. The van der Waals surface area contributed by atoms with Crippen LogP contribution in [0.1, 0.15) is 43.5 Å². The van der Waals surface area contributed by atoms with Crippen molar-refractivity contribution in [3.8, 4) is 16.9 Å². The maximum atomic E-state index is 12.7. The van der Waals surface area contributed by atoms with Gasteiger partial charge < -0.3 is 20.1 Å². The third-order valence-corrected chi connectivity index (χ3v) is 5.64. The number of hydrogen-bond donors (Lipinski definition) is 2. The number of halogens is 3. The average Bonchev–Trinajstić information content (AvgIpc) is 3.20. The zero-order valence-corrected chi connectivity index (χ0v) is 18.8. The third-order valence-electron chi connectivity index (χ3n) is 5.64. The summed E-state index contributed by atoms with van der Waals surface area (Å²) in [5, 5.41) is 11.1. The topological polar surface area (TPSA) is 86.2 Å². The molecule has 0 aliphatic carbocycles. The number of aliphatic hydroxyl groups excluding tert-OH is 1. The lowest BCUT2D eigenvalue weighted by Gasteiger charge is -2.13. The van der Waals surface area contributed by atoms with E-state index >= 15 is 0 Å². The number of benzene rings is 2. The molecule has 0 bridgehead atoms. The summed E-state index contributed by atoms with van der Waals surface area (Å²) in [7, 11) is 0. The Kier molecular flexibility index (Phi) is 6.47. The monoisotopic (exact) mass is 470 g/mol. The number of aliphatic hydroxyl groups is 1. The minimum atomic E-state index is -4.40. The van der Waals surface area contributed by atoms with Crippen LogP contribution in [0.2, 0.25) is 0 Å². The normalized spacial score (nSPS) is 12.9.